The second-order valence-corrected chi connectivity index (χ2v) is 20.6. The number of fused-ring (bicyclic) bond motifs is 4. The molecule has 4 atom stereocenters. The van der Waals surface area contributed by atoms with Crippen molar-refractivity contribution in [2.75, 3.05) is 59.0 Å². The Morgan fingerprint density at radius 2 is 1.30 bits per heavy atom. The van der Waals surface area contributed by atoms with Gasteiger partial charge in [0, 0.05) is 48.7 Å². The molecule has 306 valence electrons. The zero-order valence-corrected chi connectivity index (χ0v) is 35.1. The summed E-state index contributed by atoms with van der Waals surface area (Å²) in [6, 6.07) is 6.52. The van der Waals surface area contributed by atoms with Crippen LogP contribution in [-0.4, -0.2) is 111 Å². The predicted octanol–water partition coefficient (Wildman–Crippen LogP) is 7.19. The molecule has 2 aromatic carbocycles. The molecule has 1 N–H and O–H groups in total. The van der Waals surface area contributed by atoms with Crippen LogP contribution in [0.2, 0.25) is 0 Å². The fraction of sp³-hybridized carbons (Fsp3) is 0.571. The first kappa shape index (κ1) is 41.8. The Morgan fingerprint density at radius 3 is 1.88 bits per heavy atom. The quantitative estimate of drug-likeness (QED) is 0.0800. The monoisotopic (exact) mass is 812 g/mol. The van der Waals surface area contributed by atoms with Crippen LogP contribution >= 0.6 is 7.14 Å². The lowest BCUT2D eigenvalue weighted by Gasteiger charge is -2.26. The number of hydrogen-bond acceptors (Lipinski definition) is 9. The lowest BCUT2D eigenvalue weighted by Crippen LogP contribution is -2.44. The van der Waals surface area contributed by atoms with Crippen LogP contribution in [0.5, 0.6) is 23.0 Å². The maximum atomic E-state index is 14.3. The maximum Gasteiger partial charge on any atom is 0.270 e. The third kappa shape index (κ3) is 9.00. The third-order valence-corrected chi connectivity index (χ3v) is 16.6. The van der Waals surface area contributed by atoms with E-state index in [1.807, 2.05) is 37.0 Å². The van der Waals surface area contributed by atoms with E-state index in [2.05, 4.69) is 13.0 Å². The Labute approximate surface area is 331 Å². The lowest BCUT2D eigenvalue weighted by atomic mass is 9.99. The van der Waals surface area contributed by atoms with Crippen molar-refractivity contribution >= 4 is 29.1 Å². The van der Waals surface area contributed by atoms with E-state index in [4.69, 9.17) is 18.9 Å². The predicted molar refractivity (Wildman–Crippen MR) is 217 cm³/mol. The summed E-state index contributed by atoms with van der Waals surface area (Å²) in [6.45, 7) is 7.55. The second kappa shape index (κ2) is 17.8. The number of ether oxygens (including phenoxy) is 4. The summed E-state index contributed by atoms with van der Waals surface area (Å²) < 4.78 is 73.3. The van der Waals surface area contributed by atoms with Gasteiger partial charge in [-0.2, -0.15) is 8.42 Å². The molecule has 14 heteroatoms. The molecule has 56 heavy (non-hydrogen) atoms. The van der Waals surface area contributed by atoms with E-state index in [9.17, 15) is 27.1 Å². The fourth-order valence-electron chi connectivity index (χ4n) is 8.74. The lowest BCUT2D eigenvalue weighted by molar-refractivity contribution is 0.0734. The van der Waals surface area contributed by atoms with Crippen LogP contribution < -0.4 is 18.9 Å². The Kier molecular flexibility index (Phi) is 13.3. The Morgan fingerprint density at radius 1 is 0.768 bits per heavy atom. The minimum Gasteiger partial charge on any atom is -0.493 e. The normalized spacial score (nSPS) is 23.2. The van der Waals surface area contributed by atoms with Crippen molar-refractivity contribution in [2.45, 2.75) is 95.9 Å². The molecule has 0 saturated carbocycles. The first-order valence-corrected chi connectivity index (χ1v) is 23.7. The van der Waals surface area contributed by atoms with Gasteiger partial charge < -0.3 is 33.3 Å². The summed E-state index contributed by atoms with van der Waals surface area (Å²) in [4.78, 5) is 30.8. The molecule has 4 heterocycles. The number of aryl methyl sites for hydroxylation is 1. The van der Waals surface area contributed by atoms with Gasteiger partial charge in [-0.1, -0.05) is 36.6 Å². The number of hydrogen-bond donors (Lipinski definition) is 1. The second-order valence-electron chi connectivity index (χ2n) is 15.5. The number of benzene rings is 2. The molecular weight excluding hydrogens is 756 g/mol. The molecule has 2 fully saturated rings. The first-order valence-electron chi connectivity index (χ1n) is 19.9. The van der Waals surface area contributed by atoms with Crippen LogP contribution in [0.3, 0.4) is 0 Å². The number of carbonyl (C=O) groups excluding carboxylic acids is 2. The molecule has 0 radical (unpaired) electrons. The first-order chi connectivity index (χ1) is 26.8. The summed E-state index contributed by atoms with van der Waals surface area (Å²) >= 11 is 0. The minimum atomic E-state index is -4.47. The molecule has 6 rings (SSSR count). The van der Waals surface area contributed by atoms with Crippen molar-refractivity contribution in [1.82, 2.24) is 9.80 Å². The van der Waals surface area contributed by atoms with Crippen LogP contribution in [0, 0.1) is 0 Å². The average molecular weight is 813 g/mol. The molecule has 4 aliphatic rings. The highest BCUT2D eigenvalue weighted by molar-refractivity contribution is 7.86. The smallest absolute Gasteiger partial charge is 0.270 e. The van der Waals surface area contributed by atoms with Crippen molar-refractivity contribution in [1.29, 1.82) is 0 Å². The number of methoxy groups -OCH3 is 2. The van der Waals surface area contributed by atoms with Crippen molar-refractivity contribution < 1.29 is 46.1 Å². The molecule has 2 amide bonds. The van der Waals surface area contributed by atoms with E-state index >= 15 is 0 Å². The van der Waals surface area contributed by atoms with Gasteiger partial charge in [0.25, 0.3) is 21.9 Å². The Bertz CT molecular complexity index is 2030. The number of carbonyl (C=O) groups is 2. The van der Waals surface area contributed by atoms with Gasteiger partial charge in [-0.3, -0.25) is 14.1 Å². The van der Waals surface area contributed by atoms with Gasteiger partial charge in [0.2, 0.25) is 0 Å². The van der Waals surface area contributed by atoms with E-state index in [0.29, 0.717) is 97.1 Å². The SMILES string of the molecule is C/C=C1\C[C@H]2CCc3cc(OCCCP(=O)(CCCC)CCCOc4cc5c(cc4OC)C(=O)N4C/C(=C/C)C[C@H]4C(S(=O)(=O)O)C5)c(OC)cc3C(=O)N2C1. The molecule has 0 bridgehead atoms. The van der Waals surface area contributed by atoms with Crippen molar-refractivity contribution in [3.8, 4) is 23.0 Å². The van der Waals surface area contributed by atoms with E-state index in [-0.39, 0.29) is 30.9 Å². The number of amides is 2. The average Bonchev–Trinajstić information content (AvgIpc) is 3.76. The number of rotatable bonds is 16. The van der Waals surface area contributed by atoms with Gasteiger partial charge in [0.1, 0.15) is 5.25 Å². The van der Waals surface area contributed by atoms with E-state index in [1.54, 1.807) is 19.2 Å². The standard InChI is InChI=1S/C42H57N2O10PS/c1-6-9-16-55(47,17-10-14-53-38-21-30-12-13-32-19-28(7-2)26-43(32)41(45)33(30)24-36(38)51-4)18-11-15-54-39-22-31-23-40(56(48,49)50)35-20-29(8-3)27-44(35)42(46)34(31)25-37(39)52-5/h7-8,21-22,24-25,32,35,40H,6,9-20,23,26-27H2,1-5H3,(H,48,49,50)/b28-7+,29-8+/t32-,35+,40?,55?/m1/s1. The Hall–Kier alpha value is -3.80. The van der Waals surface area contributed by atoms with Crippen molar-refractivity contribution in [3.05, 3.63) is 69.8 Å². The van der Waals surface area contributed by atoms with E-state index in [1.165, 1.54) is 17.6 Å². The number of unbranched alkanes of at least 4 members (excludes halogenated alkanes) is 1. The van der Waals surface area contributed by atoms with Crippen LogP contribution in [0.4, 0.5) is 0 Å². The maximum absolute atomic E-state index is 14.3. The molecule has 0 spiro atoms. The van der Waals surface area contributed by atoms with Crippen LogP contribution in [-0.2, 0) is 27.5 Å². The molecule has 4 aliphatic heterocycles. The molecule has 2 aromatic rings. The fourth-order valence-corrected chi connectivity index (χ4v) is 12.7. The summed E-state index contributed by atoms with van der Waals surface area (Å²) in [5.74, 6) is 1.54. The van der Waals surface area contributed by atoms with Crippen molar-refractivity contribution in [2.24, 2.45) is 0 Å². The van der Waals surface area contributed by atoms with E-state index in [0.717, 1.165) is 43.2 Å². The van der Waals surface area contributed by atoms with Gasteiger partial charge in [-0.25, -0.2) is 0 Å². The molecule has 2 saturated heterocycles. The summed E-state index contributed by atoms with van der Waals surface area (Å²) in [7, 11) is -3.98. The summed E-state index contributed by atoms with van der Waals surface area (Å²) in [5, 5.41) is -1.17. The highest BCUT2D eigenvalue weighted by Gasteiger charge is 2.46. The van der Waals surface area contributed by atoms with Gasteiger partial charge in [-0.05, 0) is 101 Å². The van der Waals surface area contributed by atoms with E-state index < -0.39 is 28.6 Å². The van der Waals surface area contributed by atoms with Crippen LogP contribution in [0.1, 0.15) is 97.6 Å². The summed E-state index contributed by atoms with van der Waals surface area (Å²) in [5.41, 5.74) is 4.69. The highest BCUT2D eigenvalue weighted by atomic mass is 32.2. The summed E-state index contributed by atoms with van der Waals surface area (Å²) in [6.07, 6.45) is 11.5. The zero-order chi connectivity index (χ0) is 40.2. The Balaban J connectivity index is 1.07. The minimum absolute atomic E-state index is 0.0371. The molecular formula is C42H57N2O10PS. The van der Waals surface area contributed by atoms with Crippen LogP contribution in [0.25, 0.3) is 0 Å². The van der Waals surface area contributed by atoms with Crippen molar-refractivity contribution in [3.63, 3.8) is 0 Å². The molecule has 0 aromatic heterocycles. The zero-order valence-electron chi connectivity index (χ0n) is 33.4. The van der Waals surface area contributed by atoms with Gasteiger partial charge in [0.05, 0.1) is 40.6 Å². The van der Waals surface area contributed by atoms with Gasteiger partial charge in [-0.15, -0.1) is 0 Å². The third-order valence-electron chi connectivity index (χ3n) is 12.0. The molecule has 12 nitrogen and oxygen atoms in total. The van der Waals surface area contributed by atoms with Crippen LogP contribution in [0.15, 0.2) is 47.6 Å². The number of allylic oxidation sites excluding steroid dienone is 2. The molecule has 0 aliphatic carbocycles. The molecule has 2 unspecified atom stereocenters. The largest absolute Gasteiger partial charge is 0.493 e. The number of nitrogens with zero attached hydrogens (tertiary/aromatic N) is 2. The topological polar surface area (TPSA) is 149 Å². The van der Waals surface area contributed by atoms with Gasteiger partial charge >= 0.3 is 0 Å². The van der Waals surface area contributed by atoms with Gasteiger partial charge in [0.15, 0.2) is 23.0 Å². The highest BCUT2D eigenvalue weighted by Crippen LogP contribution is 2.48.